The summed E-state index contributed by atoms with van der Waals surface area (Å²) in [5.74, 6) is 0.381. The molecule has 1 aromatic heterocycles. The predicted octanol–water partition coefficient (Wildman–Crippen LogP) is 3.01. The summed E-state index contributed by atoms with van der Waals surface area (Å²) in [6.45, 7) is 8.45. The molecule has 2 aromatic rings. The number of likely N-dealkylation sites (N-methyl/N-ethyl adjacent to an activating group) is 1. The largest absolute Gasteiger partial charge is 0.491 e. The molecule has 2 aliphatic heterocycles. The van der Waals surface area contributed by atoms with E-state index in [1.165, 1.54) is 22.6 Å². The first-order chi connectivity index (χ1) is 15.4. The fourth-order valence-electron chi connectivity index (χ4n) is 4.26. The van der Waals surface area contributed by atoms with Crippen molar-refractivity contribution in [3.05, 3.63) is 52.0 Å². The zero-order chi connectivity index (χ0) is 22.6. The highest BCUT2D eigenvalue weighted by Crippen LogP contribution is 2.28. The smallest absolute Gasteiger partial charge is 0.225 e. The molecule has 0 aliphatic carbocycles. The van der Waals surface area contributed by atoms with Crippen molar-refractivity contribution in [1.82, 2.24) is 14.7 Å². The van der Waals surface area contributed by atoms with Gasteiger partial charge in [0.25, 0.3) is 0 Å². The Kier molecular flexibility index (Phi) is 7.45. The number of piperazine rings is 1. The first-order valence-corrected chi connectivity index (χ1v) is 12.0. The Morgan fingerprint density at radius 3 is 2.59 bits per heavy atom. The van der Waals surface area contributed by atoms with Crippen LogP contribution in [0.2, 0.25) is 0 Å². The van der Waals surface area contributed by atoms with E-state index in [9.17, 15) is 9.18 Å². The second-order valence-corrected chi connectivity index (χ2v) is 9.87. The van der Waals surface area contributed by atoms with E-state index in [2.05, 4.69) is 35.2 Å². The summed E-state index contributed by atoms with van der Waals surface area (Å²) in [6.07, 6.45) is 0.276. The molecule has 3 heterocycles. The van der Waals surface area contributed by atoms with Gasteiger partial charge in [0.1, 0.15) is 23.8 Å². The lowest BCUT2D eigenvalue weighted by Gasteiger charge is -2.43. The molecule has 0 unspecified atom stereocenters. The van der Waals surface area contributed by atoms with Gasteiger partial charge in [0.15, 0.2) is 0 Å². The van der Waals surface area contributed by atoms with Crippen LogP contribution in [0, 0.1) is 12.7 Å². The number of amides is 1. The summed E-state index contributed by atoms with van der Waals surface area (Å²) >= 11 is 1.76. The van der Waals surface area contributed by atoms with Crippen molar-refractivity contribution in [3.63, 3.8) is 0 Å². The zero-order valence-electron chi connectivity index (χ0n) is 18.9. The highest BCUT2D eigenvalue weighted by molar-refractivity contribution is 7.10. The standard InChI is InChI=1S/C24H32FN3O3S/c1-19-7-14-32-22(19)16-27-12-13-31-24(17-27,18-30-21-5-3-20(25)4-6-21)15-23(29)28-10-8-26(2)9-11-28/h3-7,14H,8-13,15-18H2,1-2H3/t24-/m1/s1. The number of aryl methyl sites for hydroxylation is 1. The molecule has 8 heteroatoms. The predicted molar refractivity (Wildman–Crippen MR) is 124 cm³/mol. The third-order valence-electron chi connectivity index (χ3n) is 6.31. The van der Waals surface area contributed by atoms with Crippen molar-refractivity contribution in [2.45, 2.75) is 25.5 Å². The highest BCUT2D eigenvalue weighted by atomic mass is 32.1. The second-order valence-electron chi connectivity index (χ2n) is 8.87. The van der Waals surface area contributed by atoms with Gasteiger partial charge in [-0.3, -0.25) is 9.69 Å². The van der Waals surface area contributed by atoms with Crippen molar-refractivity contribution in [2.24, 2.45) is 0 Å². The van der Waals surface area contributed by atoms with E-state index in [4.69, 9.17) is 9.47 Å². The first-order valence-electron chi connectivity index (χ1n) is 11.2. The van der Waals surface area contributed by atoms with Crippen molar-refractivity contribution >= 4 is 17.2 Å². The van der Waals surface area contributed by atoms with E-state index >= 15 is 0 Å². The van der Waals surface area contributed by atoms with Crippen LogP contribution in [0.15, 0.2) is 35.7 Å². The fraction of sp³-hybridized carbons (Fsp3) is 0.542. The highest BCUT2D eigenvalue weighted by Gasteiger charge is 2.41. The lowest BCUT2D eigenvalue weighted by Crippen LogP contribution is -2.58. The molecule has 0 spiro atoms. The number of halogens is 1. The molecular formula is C24H32FN3O3S. The van der Waals surface area contributed by atoms with Crippen molar-refractivity contribution in [3.8, 4) is 5.75 Å². The van der Waals surface area contributed by atoms with Gasteiger partial charge in [0.2, 0.25) is 5.91 Å². The molecule has 1 amide bonds. The summed E-state index contributed by atoms with van der Waals surface area (Å²) in [5.41, 5.74) is 0.557. The van der Waals surface area contributed by atoms with Gasteiger partial charge >= 0.3 is 0 Å². The van der Waals surface area contributed by atoms with Gasteiger partial charge in [-0.05, 0) is 55.2 Å². The fourth-order valence-corrected chi connectivity index (χ4v) is 5.21. The second kappa shape index (κ2) is 10.3. The topological polar surface area (TPSA) is 45.3 Å². The molecule has 1 atom stereocenters. The average Bonchev–Trinajstić information content (AvgIpc) is 3.18. The number of hydrogen-bond donors (Lipinski definition) is 0. The number of ether oxygens (including phenoxy) is 2. The third kappa shape index (κ3) is 5.86. The van der Waals surface area contributed by atoms with E-state index < -0.39 is 5.60 Å². The lowest BCUT2D eigenvalue weighted by molar-refractivity contribution is -0.157. The van der Waals surface area contributed by atoms with Gasteiger partial charge in [-0.1, -0.05) is 0 Å². The minimum absolute atomic E-state index is 0.106. The number of hydrogen-bond acceptors (Lipinski definition) is 6. The molecule has 32 heavy (non-hydrogen) atoms. The molecular weight excluding hydrogens is 429 g/mol. The van der Waals surface area contributed by atoms with Crippen LogP contribution in [0.25, 0.3) is 0 Å². The van der Waals surface area contributed by atoms with Gasteiger partial charge < -0.3 is 19.3 Å². The number of carbonyl (C=O) groups is 1. The van der Waals surface area contributed by atoms with Gasteiger partial charge in [-0.25, -0.2) is 4.39 Å². The molecule has 0 saturated carbocycles. The number of morpholine rings is 1. The minimum Gasteiger partial charge on any atom is -0.491 e. The van der Waals surface area contributed by atoms with E-state index in [0.29, 0.717) is 18.9 Å². The van der Waals surface area contributed by atoms with Crippen molar-refractivity contribution in [1.29, 1.82) is 0 Å². The first kappa shape index (κ1) is 23.2. The summed E-state index contributed by atoms with van der Waals surface area (Å²) in [5, 5.41) is 2.12. The molecule has 6 nitrogen and oxygen atoms in total. The molecule has 2 aliphatic rings. The Hall–Kier alpha value is -2.00. The summed E-state index contributed by atoms with van der Waals surface area (Å²) in [4.78, 5) is 21.1. The Balaban J connectivity index is 1.47. The molecule has 2 saturated heterocycles. The van der Waals surface area contributed by atoms with Gasteiger partial charge in [0, 0.05) is 50.7 Å². The average molecular weight is 462 g/mol. The Labute approximate surface area is 193 Å². The number of carbonyl (C=O) groups excluding carboxylic acids is 1. The Morgan fingerprint density at radius 1 is 1.16 bits per heavy atom. The SMILES string of the molecule is Cc1ccsc1CN1CCO[C@](COc2ccc(F)cc2)(CC(=O)N2CCN(C)CC2)C1. The Morgan fingerprint density at radius 2 is 1.91 bits per heavy atom. The van der Waals surface area contributed by atoms with E-state index in [1.807, 2.05) is 4.90 Å². The molecule has 4 rings (SSSR count). The number of rotatable bonds is 7. The van der Waals surface area contributed by atoms with Crippen LogP contribution < -0.4 is 4.74 Å². The van der Waals surface area contributed by atoms with Crippen LogP contribution in [-0.4, -0.2) is 85.7 Å². The van der Waals surface area contributed by atoms with E-state index in [1.54, 1.807) is 23.5 Å². The van der Waals surface area contributed by atoms with Crippen LogP contribution in [0.1, 0.15) is 16.9 Å². The molecule has 2 fully saturated rings. The number of thiophene rings is 1. The van der Waals surface area contributed by atoms with Crippen LogP contribution >= 0.6 is 11.3 Å². The van der Waals surface area contributed by atoms with Crippen LogP contribution in [0.3, 0.4) is 0 Å². The lowest BCUT2D eigenvalue weighted by atomic mass is 9.96. The number of nitrogens with zero attached hydrogens (tertiary/aromatic N) is 3. The van der Waals surface area contributed by atoms with Crippen molar-refractivity contribution < 1.29 is 18.7 Å². The molecule has 174 valence electrons. The van der Waals surface area contributed by atoms with Gasteiger partial charge in [-0.2, -0.15) is 0 Å². The molecule has 1 aromatic carbocycles. The monoisotopic (exact) mass is 461 g/mol. The molecule has 0 bridgehead atoms. The maximum atomic E-state index is 13.3. The quantitative estimate of drug-likeness (QED) is 0.634. The maximum Gasteiger partial charge on any atom is 0.225 e. The Bertz CT molecular complexity index is 898. The van der Waals surface area contributed by atoms with Gasteiger partial charge in [0.05, 0.1) is 13.0 Å². The van der Waals surface area contributed by atoms with E-state index in [-0.39, 0.29) is 24.8 Å². The van der Waals surface area contributed by atoms with Gasteiger partial charge in [-0.15, -0.1) is 11.3 Å². The van der Waals surface area contributed by atoms with Crippen LogP contribution in [-0.2, 0) is 16.1 Å². The van der Waals surface area contributed by atoms with Crippen molar-refractivity contribution in [2.75, 3.05) is 59.5 Å². The van der Waals surface area contributed by atoms with Crippen LogP contribution in [0.5, 0.6) is 5.75 Å². The third-order valence-corrected chi connectivity index (χ3v) is 7.32. The number of benzene rings is 1. The molecule has 0 N–H and O–H groups in total. The summed E-state index contributed by atoms with van der Waals surface area (Å²) < 4.78 is 25.6. The van der Waals surface area contributed by atoms with Crippen LogP contribution in [0.4, 0.5) is 4.39 Å². The summed E-state index contributed by atoms with van der Waals surface area (Å²) in [7, 11) is 2.08. The maximum absolute atomic E-state index is 13.3. The molecule has 0 radical (unpaired) electrons. The zero-order valence-corrected chi connectivity index (χ0v) is 19.7. The summed E-state index contributed by atoms with van der Waals surface area (Å²) in [6, 6.07) is 8.13. The normalized spacial score (nSPS) is 22.8. The van der Waals surface area contributed by atoms with E-state index in [0.717, 1.165) is 39.3 Å². The minimum atomic E-state index is -0.738.